The van der Waals surface area contributed by atoms with Crippen LogP contribution < -0.4 is 0 Å². The summed E-state index contributed by atoms with van der Waals surface area (Å²) in [5.74, 6) is 0.416. The summed E-state index contributed by atoms with van der Waals surface area (Å²) in [6.45, 7) is 0. The van der Waals surface area contributed by atoms with Gasteiger partial charge in [0.2, 0.25) is 5.16 Å². The number of carbonyl (C=O) groups is 1. The molecule has 0 aliphatic carbocycles. The van der Waals surface area contributed by atoms with Crippen LogP contribution in [0.4, 0.5) is 0 Å². The lowest BCUT2D eigenvalue weighted by Gasteiger charge is -1.99. The molecule has 0 spiro atoms. The average molecular weight is 295 g/mol. The quantitative estimate of drug-likeness (QED) is 0.535. The highest BCUT2D eigenvalue weighted by atomic mass is 32.2. The van der Waals surface area contributed by atoms with Gasteiger partial charge in [0.15, 0.2) is 5.78 Å². The van der Waals surface area contributed by atoms with Gasteiger partial charge in [0.1, 0.15) is 6.33 Å². The molecular formula is C16H13N3OS. The first kappa shape index (κ1) is 13.6. The number of hydrogen-bond donors (Lipinski definition) is 0. The predicted octanol–water partition coefficient (Wildman–Crippen LogP) is 3.24. The molecule has 21 heavy (non-hydrogen) atoms. The number of thioether (sulfide) groups is 1. The van der Waals surface area contributed by atoms with E-state index in [9.17, 15) is 4.79 Å². The van der Waals surface area contributed by atoms with E-state index < -0.39 is 0 Å². The molecule has 0 fully saturated rings. The molecule has 3 rings (SSSR count). The number of aromatic nitrogens is 3. The molecule has 0 N–H and O–H groups in total. The Morgan fingerprint density at radius 3 is 2.38 bits per heavy atom. The van der Waals surface area contributed by atoms with Gasteiger partial charge in [0.25, 0.3) is 0 Å². The standard InChI is InChI=1S/C16H13N3OS/c20-15(13-7-3-1-4-8-13)11-21-16-17-12-19(18-16)14-9-5-2-6-10-14/h1-10,12H,11H2. The van der Waals surface area contributed by atoms with Crippen LogP contribution in [0.3, 0.4) is 0 Å². The summed E-state index contributed by atoms with van der Waals surface area (Å²) in [6, 6.07) is 19.0. The average Bonchev–Trinajstić information content (AvgIpc) is 3.03. The van der Waals surface area contributed by atoms with Gasteiger partial charge >= 0.3 is 0 Å². The molecule has 0 amide bonds. The first-order valence-corrected chi connectivity index (χ1v) is 7.49. The number of nitrogens with zero attached hydrogens (tertiary/aromatic N) is 3. The molecule has 0 saturated heterocycles. The normalized spacial score (nSPS) is 10.5. The summed E-state index contributed by atoms with van der Waals surface area (Å²) in [5, 5.41) is 4.96. The lowest BCUT2D eigenvalue weighted by Crippen LogP contribution is -2.02. The van der Waals surface area contributed by atoms with Crippen molar-refractivity contribution in [2.45, 2.75) is 5.16 Å². The van der Waals surface area contributed by atoms with E-state index in [-0.39, 0.29) is 5.78 Å². The summed E-state index contributed by atoms with van der Waals surface area (Å²) in [6.07, 6.45) is 1.66. The zero-order valence-electron chi connectivity index (χ0n) is 11.2. The molecule has 0 atom stereocenters. The Labute approximate surface area is 126 Å². The molecule has 0 aliphatic rings. The molecule has 0 aliphatic heterocycles. The van der Waals surface area contributed by atoms with Gasteiger partial charge in [-0.3, -0.25) is 4.79 Å². The van der Waals surface area contributed by atoms with Crippen LogP contribution in [0.1, 0.15) is 10.4 Å². The maximum Gasteiger partial charge on any atom is 0.209 e. The van der Waals surface area contributed by atoms with Crippen LogP contribution >= 0.6 is 11.8 Å². The highest BCUT2D eigenvalue weighted by Gasteiger charge is 2.09. The molecule has 0 saturated carbocycles. The van der Waals surface area contributed by atoms with Gasteiger partial charge < -0.3 is 0 Å². The third-order valence-corrected chi connectivity index (χ3v) is 3.77. The molecule has 2 aromatic carbocycles. The van der Waals surface area contributed by atoms with Gasteiger partial charge in [-0.05, 0) is 12.1 Å². The molecule has 0 unspecified atom stereocenters. The van der Waals surface area contributed by atoms with Crippen LogP contribution in [0.15, 0.2) is 72.1 Å². The van der Waals surface area contributed by atoms with Gasteiger partial charge in [-0.2, -0.15) is 0 Å². The van der Waals surface area contributed by atoms with Crippen molar-refractivity contribution in [1.82, 2.24) is 14.8 Å². The second kappa shape index (κ2) is 6.37. The number of ketones is 1. The van der Waals surface area contributed by atoms with Crippen LogP contribution in [-0.2, 0) is 0 Å². The van der Waals surface area contributed by atoms with Crippen LogP contribution in [-0.4, -0.2) is 26.3 Å². The third-order valence-electron chi connectivity index (χ3n) is 2.92. The Morgan fingerprint density at radius 2 is 1.67 bits per heavy atom. The monoisotopic (exact) mass is 295 g/mol. The number of hydrogen-bond acceptors (Lipinski definition) is 4. The van der Waals surface area contributed by atoms with E-state index in [1.165, 1.54) is 11.8 Å². The minimum atomic E-state index is 0.0802. The Bertz CT molecular complexity index is 726. The third kappa shape index (κ3) is 3.38. The Hall–Kier alpha value is -2.40. The van der Waals surface area contributed by atoms with Crippen LogP contribution in [0.25, 0.3) is 5.69 Å². The lowest BCUT2D eigenvalue weighted by atomic mass is 10.2. The highest BCUT2D eigenvalue weighted by molar-refractivity contribution is 7.99. The maximum absolute atomic E-state index is 12.0. The highest BCUT2D eigenvalue weighted by Crippen LogP contribution is 2.16. The second-order valence-electron chi connectivity index (χ2n) is 4.39. The SMILES string of the molecule is O=C(CSc1ncn(-c2ccccc2)n1)c1ccccc1. The van der Waals surface area contributed by atoms with Crippen molar-refractivity contribution in [3.8, 4) is 5.69 Å². The molecule has 3 aromatic rings. The summed E-state index contributed by atoms with van der Waals surface area (Å²) in [5.41, 5.74) is 1.67. The van der Waals surface area contributed by atoms with Gasteiger partial charge in [-0.1, -0.05) is 60.3 Å². The van der Waals surface area contributed by atoms with E-state index in [0.717, 1.165) is 5.69 Å². The molecule has 1 heterocycles. The van der Waals surface area contributed by atoms with E-state index in [1.54, 1.807) is 11.0 Å². The van der Waals surface area contributed by atoms with Crippen molar-refractivity contribution in [1.29, 1.82) is 0 Å². The molecule has 5 heteroatoms. The minimum absolute atomic E-state index is 0.0802. The maximum atomic E-state index is 12.0. The van der Waals surface area contributed by atoms with E-state index in [0.29, 0.717) is 16.5 Å². The zero-order valence-corrected chi connectivity index (χ0v) is 12.0. The number of carbonyl (C=O) groups excluding carboxylic acids is 1. The summed E-state index contributed by atoms with van der Waals surface area (Å²) in [4.78, 5) is 16.2. The minimum Gasteiger partial charge on any atom is -0.293 e. The van der Waals surface area contributed by atoms with Crippen molar-refractivity contribution in [2.75, 3.05) is 5.75 Å². The Morgan fingerprint density at radius 1 is 1.00 bits per heavy atom. The summed E-state index contributed by atoms with van der Waals surface area (Å²) in [7, 11) is 0. The van der Waals surface area contributed by atoms with E-state index in [1.807, 2.05) is 60.7 Å². The fraction of sp³-hybridized carbons (Fsp3) is 0.0625. The van der Waals surface area contributed by atoms with Crippen molar-refractivity contribution in [2.24, 2.45) is 0 Å². The van der Waals surface area contributed by atoms with Crippen molar-refractivity contribution < 1.29 is 4.79 Å². The van der Waals surface area contributed by atoms with Crippen LogP contribution in [0, 0.1) is 0 Å². The molecule has 0 bridgehead atoms. The van der Waals surface area contributed by atoms with Crippen LogP contribution in [0.5, 0.6) is 0 Å². The first-order chi connectivity index (χ1) is 10.3. The summed E-state index contributed by atoms with van der Waals surface area (Å²) >= 11 is 1.35. The number of Topliss-reactive ketones (excluding diaryl/α,β-unsaturated/α-hetero) is 1. The van der Waals surface area contributed by atoms with Gasteiger partial charge in [0, 0.05) is 5.56 Å². The number of para-hydroxylation sites is 1. The van der Waals surface area contributed by atoms with E-state index >= 15 is 0 Å². The van der Waals surface area contributed by atoms with Crippen molar-refractivity contribution >= 4 is 17.5 Å². The molecular weight excluding hydrogens is 282 g/mol. The van der Waals surface area contributed by atoms with Crippen LogP contribution in [0.2, 0.25) is 0 Å². The topological polar surface area (TPSA) is 47.8 Å². The van der Waals surface area contributed by atoms with Crippen molar-refractivity contribution in [3.05, 3.63) is 72.6 Å². The van der Waals surface area contributed by atoms with Gasteiger partial charge in [-0.25, -0.2) is 9.67 Å². The lowest BCUT2D eigenvalue weighted by molar-refractivity contribution is 0.102. The fourth-order valence-corrected chi connectivity index (χ4v) is 2.55. The van der Waals surface area contributed by atoms with E-state index in [4.69, 9.17) is 0 Å². The van der Waals surface area contributed by atoms with E-state index in [2.05, 4.69) is 10.1 Å². The fourth-order valence-electron chi connectivity index (χ4n) is 1.86. The largest absolute Gasteiger partial charge is 0.293 e. The van der Waals surface area contributed by atoms with Gasteiger partial charge in [-0.15, -0.1) is 5.10 Å². The zero-order chi connectivity index (χ0) is 14.5. The molecule has 0 radical (unpaired) electrons. The molecule has 104 valence electrons. The first-order valence-electron chi connectivity index (χ1n) is 6.51. The smallest absolute Gasteiger partial charge is 0.209 e. The van der Waals surface area contributed by atoms with Crippen molar-refractivity contribution in [3.63, 3.8) is 0 Å². The number of rotatable bonds is 5. The van der Waals surface area contributed by atoms with Gasteiger partial charge in [0.05, 0.1) is 11.4 Å². The second-order valence-corrected chi connectivity index (χ2v) is 5.33. The molecule has 4 nitrogen and oxygen atoms in total. The number of benzene rings is 2. The Kier molecular flexibility index (Phi) is 4.12. The Balaban J connectivity index is 1.64. The molecule has 1 aromatic heterocycles. The summed E-state index contributed by atoms with van der Waals surface area (Å²) < 4.78 is 1.70. The predicted molar refractivity (Wildman–Crippen MR) is 82.9 cm³/mol.